The van der Waals surface area contributed by atoms with Gasteiger partial charge in [0, 0.05) is 6.04 Å². The Kier molecular flexibility index (Phi) is 5.82. The fourth-order valence-corrected chi connectivity index (χ4v) is 3.58. The van der Waals surface area contributed by atoms with Crippen molar-refractivity contribution in [1.82, 2.24) is 4.72 Å². The van der Waals surface area contributed by atoms with E-state index < -0.39 is 22.0 Å². The number of carbonyl (C=O) groups excluding carboxylic acids is 1. The number of nitrogens with two attached hydrogens (primary N) is 1. The van der Waals surface area contributed by atoms with E-state index in [2.05, 4.69) is 4.72 Å². The first-order chi connectivity index (χ1) is 11.3. The van der Waals surface area contributed by atoms with Gasteiger partial charge in [0.1, 0.15) is 5.75 Å². The number of hydrogen-bond donors (Lipinski definition) is 2. The molecular formula is C16H17ClN2O4S. The van der Waals surface area contributed by atoms with Gasteiger partial charge in [0.2, 0.25) is 10.0 Å². The molecule has 0 spiro atoms. The molecule has 2 rings (SSSR count). The number of halogens is 1. The lowest BCUT2D eigenvalue weighted by Crippen LogP contribution is -2.27. The summed E-state index contributed by atoms with van der Waals surface area (Å²) in [6.07, 6.45) is 0. The van der Waals surface area contributed by atoms with Gasteiger partial charge in [0.25, 0.3) is 5.91 Å². The molecule has 0 radical (unpaired) electrons. The van der Waals surface area contributed by atoms with Gasteiger partial charge in [0.05, 0.1) is 9.92 Å². The molecule has 24 heavy (non-hydrogen) atoms. The van der Waals surface area contributed by atoms with Gasteiger partial charge in [-0.3, -0.25) is 4.79 Å². The Morgan fingerprint density at radius 2 is 1.92 bits per heavy atom. The maximum Gasteiger partial charge on any atom is 0.255 e. The van der Waals surface area contributed by atoms with Gasteiger partial charge >= 0.3 is 0 Å². The third-order valence-electron chi connectivity index (χ3n) is 3.22. The van der Waals surface area contributed by atoms with Crippen molar-refractivity contribution < 1.29 is 17.9 Å². The summed E-state index contributed by atoms with van der Waals surface area (Å²) < 4.78 is 32.6. The fraction of sp³-hybridized carbons (Fsp3) is 0.188. The van der Waals surface area contributed by atoms with Gasteiger partial charge < -0.3 is 10.5 Å². The van der Waals surface area contributed by atoms with E-state index in [4.69, 9.17) is 22.1 Å². The Morgan fingerprint density at radius 1 is 1.25 bits per heavy atom. The highest BCUT2D eigenvalue weighted by molar-refractivity contribution is 7.89. The van der Waals surface area contributed by atoms with Crippen molar-refractivity contribution in [3.05, 3.63) is 59.1 Å². The van der Waals surface area contributed by atoms with Crippen LogP contribution in [0.4, 0.5) is 0 Å². The largest absolute Gasteiger partial charge is 0.482 e. The van der Waals surface area contributed by atoms with E-state index in [9.17, 15) is 13.2 Å². The highest BCUT2D eigenvalue weighted by Gasteiger charge is 2.19. The lowest BCUT2D eigenvalue weighted by atomic mass is 10.1. The van der Waals surface area contributed by atoms with Crippen molar-refractivity contribution in [3.63, 3.8) is 0 Å². The lowest BCUT2D eigenvalue weighted by molar-refractivity contribution is -0.119. The molecule has 1 amide bonds. The topological polar surface area (TPSA) is 98.5 Å². The molecule has 8 heteroatoms. The predicted molar refractivity (Wildman–Crippen MR) is 91.3 cm³/mol. The van der Waals surface area contributed by atoms with Crippen LogP contribution in [0, 0.1) is 0 Å². The quantitative estimate of drug-likeness (QED) is 0.782. The molecule has 0 saturated carbocycles. The molecule has 1 atom stereocenters. The molecule has 0 aliphatic carbocycles. The fourth-order valence-electron chi connectivity index (χ4n) is 2.03. The van der Waals surface area contributed by atoms with E-state index in [0.717, 1.165) is 5.56 Å². The van der Waals surface area contributed by atoms with Crippen molar-refractivity contribution in [1.29, 1.82) is 0 Å². The van der Waals surface area contributed by atoms with E-state index in [1.807, 2.05) is 30.3 Å². The average molecular weight is 369 g/mol. The van der Waals surface area contributed by atoms with Crippen LogP contribution in [0.25, 0.3) is 0 Å². The lowest BCUT2D eigenvalue weighted by Gasteiger charge is -2.15. The molecule has 2 aromatic carbocycles. The Morgan fingerprint density at radius 3 is 2.50 bits per heavy atom. The summed E-state index contributed by atoms with van der Waals surface area (Å²) in [6.45, 7) is 1.41. The number of hydrogen-bond acceptors (Lipinski definition) is 4. The number of nitrogens with one attached hydrogen (secondary N) is 1. The third-order valence-corrected chi connectivity index (χ3v) is 5.05. The Labute approximate surface area is 145 Å². The number of rotatable bonds is 7. The number of carbonyl (C=O) groups is 1. The van der Waals surface area contributed by atoms with Crippen LogP contribution < -0.4 is 15.2 Å². The summed E-state index contributed by atoms with van der Waals surface area (Å²) in [5, 5.41) is 0.0755. The molecule has 0 fully saturated rings. The second-order valence-corrected chi connectivity index (χ2v) is 7.22. The maximum atomic E-state index is 12.5. The number of primary amides is 1. The molecule has 0 aliphatic rings. The number of sulfonamides is 1. The summed E-state index contributed by atoms with van der Waals surface area (Å²) in [6, 6.07) is 12.8. The first kappa shape index (κ1) is 18.3. The standard InChI is InChI=1S/C16H17ClN2O4S/c1-11(12-5-3-2-4-6-12)19-24(21,22)13-7-8-15(14(17)9-13)23-10-16(18)20/h2-9,11,19H,10H2,1H3,(H2,18,20). The van der Waals surface area contributed by atoms with Crippen LogP contribution in [-0.2, 0) is 14.8 Å². The average Bonchev–Trinajstić information content (AvgIpc) is 2.54. The third kappa shape index (κ3) is 4.70. The zero-order valence-electron chi connectivity index (χ0n) is 12.9. The maximum absolute atomic E-state index is 12.5. The molecule has 0 aromatic heterocycles. The minimum absolute atomic E-state index is 0.00158. The Bertz CT molecular complexity index is 825. The van der Waals surface area contributed by atoms with Crippen LogP contribution in [0.15, 0.2) is 53.4 Å². The summed E-state index contributed by atoms with van der Waals surface area (Å²) in [5.41, 5.74) is 5.83. The highest BCUT2D eigenvalue weighted by Crippen LogP contribution is 2.28. The normalized spacial score (nSPS) is 12.6. The molecule has 128 valence electrons. The van der Waals surface area contributed by atoms with Gasteiger partial charge in [0.15, 0.2) is 6.61 Å². The van der Waals surface area contributed by atoms with Gasteiger partial charge in [-0.05, 0) is 30.7 Å². The molecule has 0 bridgehead atoms. The van der Waals surface area contributed by atoms with Crippen LogP contribution in [0.1, 0.15) is 18.5 Å². The molecule has 2 aromatic rings. The molecule has 6 nitrogen and oxygen atoms in total. The first-order valence-electron chi connectivity index (χ1n) is 7.07. The van der Waals surface area contributed by atoms with E-state index in [0.29, 0.717) is 0 Å². The summed E-state index contributed by atoms with van der Waals surface area (Å²) in [7, 11) is -3.76. The summed E-state index contributed by atoms with van der Waals surface area (Å²) >= 11 is 6.00. The highest BCUT2D eigenvalue weighted by atomic mass is 35.5. The van der Waals surface area contributed by atoms with E-state index in [1.54, 1.807) is 6.92 Å². The first-order valence-corrected chi connectivity index (χ1v) is 8.93. The zero-order valence-corrected chi connectivity index (χ0v) is 14.5. The van der Waals surface area contributed by atoms with Crippen molar-refractivity contribution >= 4 is 27.5 Å². The molecule has 1 unspecified atom stereocenters. The van der Waals surface area contributed by atoms with E-state index in [-0.39, 0.29) is 22.3 Å². The Balaban J connectivity index is 2.17. The predicted octanol–water partition coefficient (Wildman–Crippen LogP) is 2.24. The van der Waals surface area contributed by atoms with Gasteiger partial charge in [-0.1, -0.05) is 41.9 Å². The monoisotopic (exact) mass is 368 g/mol. The minimum Gasteiger partial charge on any atom is -0.482 e. The molecule has 3 N–H and O–H groups in total. The van der Waals surface area contributed by atoms with Crippen molar-refractivity contribution in [2.45, 2.75) is 17.9 Å². The second-order valence-electron chi connectivity index (χ2n) is 5.10. The van der Waals surface area contributed by atoms with Gasteiger partial charge in [-0.2, -0.15) is 0 Å². The number of benzene rings is 2. The van der Waals surface area contributed by atoms with Crippen LogP contribution in [-0.4, -0.2) is 20.9 Å². The van der Waals surface area contributed by atoms with Crippen LogP contribution in [0.2, 0.25) is 5.02 Å². The zero-order chi connectivity index (χ0) is 17.7. The van der Waals surface area contributed by atoms with Gasteiger partial charge in [-0.25, -0.2) is 13.1 Å². The minimum atomic E-state index is -3.76. The van der Waals surface area contributed by atoms with Gasteiger partial charge in [-0.15, -0.1) is 0 Å². The van der Waals surface area contributed by atoms with E-state index in [1.165, 1.54) is 18.2 Å². The smallest absolute Gasteiger partial charge is 0.255 e. The SMILES string of the molecule is CC(NS(=O)(=O)c1ccc(OCC(N)=O)c(Cl)c1)c1ccccc1. The summed E-state index contributed by atoms with van der Waals surface area (Å²) in [5.74, 6) is -0.466. The van der Waals surface area contributed by atoms with Crippen LogP contribution >= 0.6 is 11.6 Å². The Hall–Kier alpha value is -2.09. The number of amides is 1. The second kappa shape index (κ2) is 7.65. The molecule has 0 aliphatic heterocycles. The molecule has 0 saturated heterocycles. The number of ether oxygens (including phenoxy) is 1. The van der Waals surface area contributed by atoms with Crippen LogP contribution in [0.5, 0.6) is 5.75 Å². The van der Waals surface area contributed by atoms with Crippen molar-refractivity contribution in [2.24, 2.45) is 5.73 Å². The van der Waals surface area contributed by atoms with Crippen molar-refractivity contribution in [3.8, 4) is 5.75 Å². The van der Waals surface area contributed by atoms with Crippen molar-refractivity contribution in [2.75, 3.05) is 6.61 Å². The molecular weight excluding hydrogens is 352 g/mol. The van der Waals surface area contributed by atoms with Crippen LogP contribution in [0.3, 0.4) is 0 Å². The summed E-state index contributed by atoms with van der Waals surface area (Å²) in [4.78, 5) is 10.7. The van der Waals surface area contributed by atoms with E-state index >= 15 is 0 Å². The molecule has 0 heterocycles.